The summed E-state index contributed by atoms with van der Waals surface area (Å²) < 4.78 is 0. The summed E-state index contributed by atoms with van der Waals surface area (Å²) in [6.07, 6.45) is 2.33. The maximum Gasteiger partial charge on any atom is 0.132 e. The summed E-state index contributed by atoms with van der Waals surface area (Å²) in [6.45, 7) is 6.43. The number of anilines is 1. The van der Waals surface area contributed by atoms with Crippen LogP contribution in [0.5, 0.6) is 5.75 Å². The highest BCUT2D eigenvalue weighted by Gasteiger charge is 2.21. The summed E-state index contributed by atoms with van der Waals surface area (Å²) >= 11 is 0. The number of rotatable bonds is 6. The zero-order chi connectivity index (χ0) is 18.5. The van der Waals surface area contributed by atoms with Gasteiger partial charge in [-0.2, -0.15) is 0 Å². The number of aromatic hydroxyl groups is 1. The number of aryl methyl sites for hydroxylation is 2. The van der Waals surface area contributed by atoms with Gasteiger partial charge in [0.15, 0.2) is 0 Å². The van der Waals surface area contributed by atoms with Crippen LogP contribution in [0.3, 0.4) is 0 Å². The smallest absolute Gasteiger partial charge is 0.132 e. The van der Waals surface area contributed by atoms with Crippen LogP contribution in [0.15, 0.2) is 30.3 Å². The second kappa shape index (κ2) is 8.47. The van der Waals surface area contributed by atoms with E-state index in [1.807, 2.05) is 13.0 Å². The van der Waals surface area contributed by atoms with E-state index in [0.29, 0.717) is 12.6 Å². The number of aliphatic hydroxyl groups excluding tert-OH is 1. The van der Waals surface area contributed by atoms with Crippen LogP contribution < -0.4 is 10.2 Å². The Bertz CT molecular complexity index is 730. The molecule has 0 unspecified atom stereocenters. The van der Waals surface area contributed by atoms with Crippen LogP contribution in [0.1, 0.15) is 43.0 Å². The van der Waals surface area contributed by atoms with Crippen LogP contribution >= 0.6 is 0 Å². The second-order valence-electron chi connectivity index (χ2n) is 6.90. The van der Waals surface area contributed by atoms with E-state index in [1.54, 1.807) is 18.2 Å². The van der Waals surface area contributed by atoms with Gasteiger partial charge in [-0.15, -0.1) is 0 Å². The molecular weight excluding hydrogens is 328 g/mol. The van der Waals surface area contributed by atoms with E-state index in [2.05, 4.69) is 33.2 Å². The SMILES string of the molecule is CCc1cc(N2CCC(NC[C@H](O)c3cccc(O)c3)CC2)nc(C)n1. The normalized spacial score (nSPS) is 16.7. The van der Waals surface area contributed by atoms with Gasteiger partial charge in [0.1, 0.15) is 17.4 Å². The van der Waals surface area contributed by atoms with Crippen LogP contribution in [0, 0.1) is 6.92 Å². The lowest BCUT2D eigenvalue weighted by atomic mass is 10.0. The van der Waals surface area contributed by atoms with Gasteiger partial charge in [0.2, 0.25) is 0 Å². The molecule has 2 heterocycles. The lowest BCUT2D eigenvalue weighted by Gasteiger charge is -2.34. The molecule has 0 spiro atoms. The fourth-order valence-electron chi connectivity index (χ4n) is 3.40. The quantitative estimate of drug-likeness (QED) is 0.737. The van der Waals surface area contributed by atoms with Crippen LogP contribution in [0.4, 0.5) is 5.82 Å². The molecule has 1 saturated heterocycles. The van der Waals surface area contributed by atoms with Crippen molar-refractivity contribution in [3.05, 3.63) is 47.4 Å². The largest absolute Gasteiger partial charge is 0.508 e. The highest BCUT2D eigenvalue weighted by Crippen LogP contribution is 2.21. The van der Waals surface area contributed by atoms with Crippen molar-refractivity contribution in [1.82, 2.24) is 15.3 Å². The van der Waals surface area contributed by atoms with Crippen molar-refractivity contribution < 1.29 is 10.2 Å². The summed E-state index contributed by atoms with van der Waals surface area (Å²) in [5.41, 5.74) is 1.82. The van der Waals surface area contributed by atoms with Gasteiger partial charge in [-0.25, -0.2) is 9.97 Å². The molecule has 1 aliphatic rings. The van der Waals surface area contributed by atoms with Crippen molar-refractivity contribution in [3.8, 4) is 5.75 Å². The van der Waals surface area contributed by atoms with Crippen molar-refractivity contribution >= 4 is 5.82 Å². The Hall–Kier alpha value is -2.18. The number of hydrogen-bond acceptors (Lipinski definition) is 6. The molecule has 0 aliphatic carbocycles. The number of nitrogens with zero attached hydrogens (tertiary/aromatic N) is 3. The van der Waals surface area contributed by atoms with Crippen molar-refractivity contribution in [3.63, 3.8) is 0 Å². The molecule has 0 amide bonds. The molecule has 1 aromatic carbocycles. The second-order valence-corrected chi connectivity index (χ2v) is 6.90. The third-order valence-electron chi connectivity index (χ3n) is 4.91. The Kier molecular flexibility index (Phi) is 6.06. The number of nitrogens with one attached hydrogen (secondary N) is 1. The Labute approximate surface area is 154 Å². The topological polar surface area (TPSA) is 81.5 Å². The predicted octanol–water partition coefficient (Wildman–Crippen LogP) is 2.35. The first-order valence-electron chi connectivity index (χ1n) is 9.35. The van der Waals surface area contributed by atoms with Gasteiger partial charge in [0, 0.05) is 37.4 Å². The molecule has 3 N–H and O–H groups in total. The third-order valence-corrected chi connectivity index (χ3v) is 4.91. The molecule has 1 aromatic heterocycles. The van der Waals surface area contributed by atoms with E-state index < -0.39 is 6.10 Å². The van der Waals surface area contributed by atoms with Crippen molar-refractivity contribution in [1.29, 1.82) is 0 Å². The minimum absolute atomic E-state index is 0.182. The number of hydrogen-bond donors (Lipinski definition) is 3. The van der Waals surface area contributed by atoms with Gasteiger partial charge in [-0.1, -0.05) is 19.1 Å². The average Bonchev–Trinajstić information content (AvgIpc) is 2.66. The summed E-state index contributed by atoms with van der Waals surface area (Å²) in [7, 11) is 0. The number of piperidine rings is 1. The molecule has 1 aliphatic heterocycles. The molecule has 0 bridgehead atoms. The van der Waals surface area contributed by atoms with Crippen molar-refractivity contribution in [2.45, 2.75) is 45.3 Å². The first-order valence-corrected chi connectivity index (χ1v) is 9.35. The highest BCUT2D eigenvalue weighted by molar-refractivity contribution is 5.40. The monoisotopic (exact) mass is 356 g/mol. The lowest BCUT2D eigenvalue weighted by molar-refractivity contribution is 0.167. The van der Waals surface area contributed by atoms with E-state index in [4.69, 9.17) is 0 Å². The van der Waals surface area contributed by atoms with Gasteiger partial charge in [-0.3, -0.25) is 0 Å². The zero-order valence-electron chi connectivity index (χ0n) is 15.5. The summed E-state index contributed by atoms with van der Waals surface area (Å²) in [5.74, 6) is 2.03. The number of phenolic OH excluding ortho intramolecular Hbond substituents is 1. The summed E-state index contributed by atoms with van der Waals surface area (Å²) in [4.78, 5) is 11.4. The molecule has 1 fully saturated rings. The van der Waals surface area contributed by atoms with Crippen LogP contribution in [0.2, 0.25) is 0 Å². The average molecular weight is 356 g/mol. The molecule has 6 heteroatoms. The molecule has 2 aromatic rings. The van der Waals surface area contributed by atoms with E-state index in [1.165, 1.54) is 0 Å². The number of aliphatic hydroxyl groups is 1. The van der Waals surface area contributed by atoms with E-state index in [-0.39, 0.29) is 5.75 Å². The fourth-order valence-corrected chi connectivity index (χ4v) is 3.40. The number of benzene rings is 1. The van der Waals surface area contributed by atoms with Crippen LogP contribution in [-0.4, -0.2) is 45.9 Å². The Morgan fingerprint density at radius 1 is 1.23 bits per heavy atom. The van der Waals surface area contributed by atoms with Crippen molar-refractivity contribution in [2.24, 2.45) is 0 Å². The first-order chi connectivity index (χ1) is 12.5. The molecule has 6 nitrogen and oxygen atoms in total. The molecule has 0 saturated carbocycles. The fraction of sp³-hybridized carbons (Fsp3) is 0.500. The van der Waals surface area contributed by atoms with Crippen molar-refractivity contribution in [2.75, 3.05) is 24.5 Å². The molecular formula is C20H28N4O2. The predicted molar refractivity (Wildman–Crippen MR) is 102 cm³/mol. The number of aromatic nitrogens is 2. The Balaban J connectivity index is 1.50. The van der Waals surface area contributed by atoms with Gasteiger partial charge in [0.05, 0.1) is 6.10 Å². The van der Waals surface area contributed by atoms with Gasteiger partial charge < -0.3 is 20.4 Å². The van der Waals surface area contributed by atoms with Gasteiger partial charge in [-0.05, 0) is 43.9 Å². The standard InChI is InChI=1S/C20H28N4O2/c1-3-16-12-20(23-14(2)22-16)24-9-7-17(8-10-24)21-13-19(26)15-5-4-6-18(25)11-15/h4-6,11-12,17,19,21,25-26H,3,7-10,13H2,1-2H3/t19-/m0/s1. The van der Waals surface area contributed by atoms with Gasteiger partial charge in [0.25, 0.3) is 0 Å². The van der Waals surface area contributed by atoms with E-state index in [0.717, 1.165) is 55.3 Å². The first kappa shape index (κ1) is 18.6. The summed E-state index contributed by atoms with van der Waals surface area (Å²) in [5, 5.41) is 23.3. The summed E-state index contributed by atoms with van der Waals surface area (Å²) in [6, 6.07) is 9.27. The molecule has 3 rings (SSSR count). The molecule has 26 heavy (non-hydrogen) atoms. The van der Waals surface area contributed by atoms with E-state index >= 15 is 0 Å². The Morgan fingerprint density at radius 2 is 2.00 bits per heavy atom. The molecule has 0 radical (unpaired) electrons. The van der Waals surface area contributed by atoms with E-state index in [9.17, 15) is 10.2 Å². The van der Waals surface area contributed by atoms with Crippen LogP contribution in [-0.2, 0) is 6.42 Å². The van der Waals surface area contributed by atoms with Crippen LogP contribution in [0.25, 0.3) is 0 Å². The van der Waals surface area contributed by atoms with Gasteiger partial charge >= 0.3 is 0 Å². The maximum atomic E-state index is 10.3. The Morgan fingerprint density at radius 3 is 2.69 bits per heavy atom. The third kappa shape index (κ3) is 4.71. The maximum absolute atomic E-state index is 10.3. The zero-order valence-corrected chi connectivity index (χ0v) is 15.5. The minimum atomic E-state index is -0.614. The highest BCUT2D eigenvalue weighted by atomic mass is 16.3. The molecule has 140 valence electrons. The lowest BCUT2D eigenvalue weighted by Crippen LogP contribution is -2.44. The molecule has 1 atom stereocenters. The number of phenols is 1. The minimum Gasteiger partial charge on any atom is -0.508 e.